The Kier molecular flexibility index (Phi) is 5.11. The molecule has 1 aliphatic rings. The van der Waals surface area contributed by atoms with Crippen molar-refractivity contribution in [2.45, 2.75) is 12.8 Å². The number of carbonyl (C=O) groups is 2. The van der Waals surface area contributed by atoms with Crippen LogP contribution in [-0.2, 0) is 4.79 Å². The lowest BCUT2D eigenvalue weighted by Gasteiger charge is -2.30. The molecule has 0 spiro atoms. The summed E-state index contributed by atoms with van der Waals surface area (Å²) in [6, 6.07) is 7.04. The molecule has 0 bridgehead atoms. The number of methoxy groups -OCH3 is 2. The van der Waals surface area contributed by atoms with E-state index in [1.165, 1.54) is 0 Å². The second-order valence-electron chi connectivity index (χ2n) is 6.17. The van der Waals surface area contributed by atoms with Crippen LogP contribution in [-0.4, -0.2) is 59.4 Å². The Morgan fingerprint density at radius 2 is 2.00 bits per heavy atom. The van der Waals surface area contributed by atoms with E-state index in [0.717, 1.165) is 5.56 Å². The van der Waals surface area contributed by atoms with Crippen LogP contribution >= 0.6 is 0 Å². The van der Waals surface area contributed by atoms with Crippen molar-refractivity contribution in [2.75, 3.05) is 27.3 Å². The number of carboxylic acid groups (broad SMARTS) is 1. The number of ether oxygens (including phenoxy) is 2. The minimum atomic E-state index is -0.863. The number of aromatic amines is 1. The van der Waals surface area contributed by atoms with E-state index in [-0.39, 0.29) is 12.5 Å². The molecular formula is C18H21N3O5. The van der Waals surface area contributed by atoms with E-state index in [1.54, 1.807) is 37.3 Å². The Hall–Kier alpha value is -3.03. The van der Waals surface area contributed by atoms with Gasteiger partial charge in [0.2, 0.25) is 0 Å². The molecule has 1 fully saturated rings. The molecule has 2 aromatic rings. The van der Waals surface area contributed by atoms with Crippen LogP contribution in [0.25, 0.3) is 11.3 Å². The summed E-state index contributed by atoms with van der Waals surface area (Å²) in [5.41, 5.74) is 1.71. The number of amides is 1. The zero-order chi connectivity index (χ0) is 18.7. The van der Waals surface area contributed by atoms with Crippen LogP contribution in [0.2, 0.25) is 0 Å². The summed E-state index contributed by atoms with van der Waals surface area (Å²) in [5.74, 6) is -0.438. The van der Waals surface area contributed by atoms with Gasteiger partial charge in [-0.2, -0.15) is 5.10 Å². The number of carboxylic acids is 1. The number of nitrogens with zero attached hydrogens (tertiary/aromatic N) is 2. The first-order chi connectivity index (χ1) is 12.5. The number of rotatable bonds is 5. The zero-order valence-electron chi connectivity index (χ0n) is 14.7. The number of hydrogen-bond acceptors (Lipinski definition) is 5. The average molecular weight is 359 g/mol. The van der Waals surface area contributed by atoms with E-state index in [1.807, 2.05) is 6.07 Å². The molecule has 0 radical (unpaired) electrons. The van der Waals surface area contributed by atoms with Crippen LogP contribution in [0.15, 0.2) is 24.3 Å². The quantitative estimate of drug-likeness (QED) is 0.846. The van der Waals surface area contributed by atoms with Gasteiger partial charge in [-0.3, -0.25) is 14.7 Å². The van der Waals surface area contributed by atoms with E-state index in [0.29, 0.717) is 42.3 Å². The molecule has 8 heteroatoms. The molecule has 0 saturated carbocycles. The minimum absolute atomic E-state index is 0.221. The van der Waals surface area contributed by atoms with Gasteiger partial charge in [0.1, 0.15) is 5.69 Å². The first-order valence-corrected chi connectivity index (χ1v) is 8.33. The standard InChI is InChI=1S/C18H21N3O5/c1-25-15-6-5-11(8-16(15)26-2)13-9-14(20-19-13)17(22)21-7-3-4-12(10-21)18(23)24/h5-6,8-9,12H,3-4,7,10H2,1-2H3,(H,19,20)(H,23,24). The summed E-state index contributed by atoms with van der Waals surface area (Å²) >= 11 is 0. The van der Waals surface area contributed by atoms with Gasteiger partial charge in [-0.05, 0) is 37.1 Å². The Labute approximate surface area is 150 Å². The fourth-order valence-corrected chi connectivity index (χ4v) is 3.11. The highest BCUT2D eigenvalue weighted by molar-refractivity contribution is 5.93. The summed E-state index contributed by atoms with van der Waals surface area (Å²) in [6.45, 7) is 0.770. The van der Waals surface area contributed by atoms with Crippen molar-refractivity contribution < 1.29 is 24.2 Å². The van der Waals surface area contributed by atoms with Gasteiger partial charge in [0.15, 0.2) is 11.5 Å². The maximum atomic E-state index is 12.7. The summed E-state index contributed by atoms with van der Waals surface area (Å²) in [5, 5.41) is 16.1. The van der Waals surface area contributed by atoms with Crippen LogP contribution in [0, 0.1) is 5.92 Å². The molecule has 0 aliphatic carbocycles. The average Bonchev–Trinajstić information content (AvgIpc) is 3.17. The number of benzene rings is 1. The summed E-state index contributed by atoms with van der Waals surface area (Å²) in [7, 11) is 3.11. The molecular weight excluding hydrogens is 338 g/mol. The number of hydrogen-bond donors (Lipinski definition) is 2. The van der Waals surface area contributed by atoms with Gasteiger partial charge in [0, 0.05) is 18.7 Å². The molecule has 1 saturated heterocycles. The molecule has 2 heterocycles. The third-order valence-corrected chi connectivity index (χ3v) is 4.55. The molecule has 1 amide bonds. The Bertz CT molecular complexity index is 817. The lowest BCUT2D eigenvalue weighted by molar-refractivity contribution is -0.143. The highest BCUT2D eigenvalue weighted by atomic mass is 16.5. The smallest absolute Gasteiger partial charge is 0.308 e. The SMILES string of the molecule is COc1ccc(-c2cc(C(=O)N3CCCC(C(=O)O)C3)[nH]n2)cc1OC. The van der Waals surface area contributed by atoms with Crippen molar-refractivity contribution in [3.05, 3.63) is 30.0 Å². The fraction of sp³-hybridized carbons (Fsp3) is 0.389. The van der Waals surface area contributed by atoms with E-state index in [4.69, 9.17) is 9.47 Å². The third kappa shape index (κ3) is 3.49. The molecule has 1 atom stereocenters. The number of piperidine rings is 1. The van der Waals surface area contributed by atoms with Crippen molar-refractivity contribution in [3.63, 3.8) is 0 Å². The highest BCUT2D eigenvalue weighted by Gasteiger charge is 2.29. The Morgan fingerprint density at radius 3 is 2.69 bits per heavy atom. The maximum absolute atomic E-state index is 12.7. The number of H-pyrrole nitrogens is 1. The van der Waals surface area contributed by atoms with Gasteiger partial charge >= 0.3 is 5.97 Å². The van der Waals surface area contributed by atoms with Crippen LogP contribution in [0.5, 0.6) is 11.5 Å². The number of carbonyl (C=O) groups excluding carboxylic acids is 1. The molecule has 8 nitrogen and oxygen atoms in total. The van der Waals surface area contributed by atoms with E-state index in [9.17, 15) is 14.7 Å². The third-order valence-electron chi connectivity index (χ3n) is 4.55. The van der Waals surface area contributed by atoms with Gasteiger partial charge in [0.05, 0.1) is 25.8 Å². The zero-order valence-corrected chi connectivity index (χ0v) is 14.7. The number of aromatic nitrogens is 2. The van der Waals surface area contributed by atoms with Crippen molar-refractivity contribution in [3.8, 4) is 22.8 Å². The largest absolute Gasteiger partial charge is 0.493 e. The molecule has 1 aromatic heterocycles. The van der Waals surface area contributed by atoms with Crippen LogP contribution in [0.4, 0.5) is 0 Å². The molecule has 1 unspecified atom stereocenters. The number of nitrogens with one attached hydrogen (secondary N) is 1. The van der Waals surface area contributed by atoms with Gasteiger partial charge in [-0.1, -0.05) is 0 Å². The number of aliphatic carboxylic acids is 1. The second kappa shape index (κ2) is 7.47. The summed E-state index contributed by atoms with van der Waals surface area (Å²) < 4.78 is 10.5. The monoisotopic (exact) mass is 359 g/mol. The van der Waals surface area contributed by atoms with Crippen molar-refractivity contribution in [2.24, 2.45) is 5.92 Å². The van der Waals surface area contributed by atoms with Gasteiger partial charge in [0.25, 0.3) is 5.91 Å². The first kappa shape index (κ1) is 17.8. The summed E-state index contributed by atoms with van der Waals surface area (Å²) in [6.07, 6.45) is 1.28. The highest BCUT2D eigenvalue weighted by Crippen LogP contribution is 2.32. The van der Waals surface area contributed by atoms with E-state index in [2.05, 4.69) is 10.2 Å². The maximum Gasteiger partial charge on any atom is 0.308 e. The van der Waals surface area contributed by atoms with Gasteiger partial charge in [-0.25, -0.2) is 0 Å². The second-order valence-corrected chi connectivity index (χ2v) is 6.17. The van der Waals surface area contributed by atoms with Crippen LogP contribution in [0.1, 0.15) is 23.3 Å². The topological polar surface area (TPSA) is 105 Å². The number of likely N-dealkylation sites (tertiary alicyclic amines) is 1. The Balaban J connectivity index is 1.79. The molecule has 26 heavy (non-hydrogen) atoms. The van der Waals surface area contributed by atoms with Crippen molar-refractivity contribution in [1.82, 2.24) is 15.1 Å². The predicted octanol–water partition coefficient (Wildman–Crippen LogP) is 2.03. The molecule has 3 rings (SSSR count). The van der Waals surface area contributed by atoms with Crippen molar-refractivity contribution >= 4 is 11.9 Å². The molecule has 138 valence electrons. The predicted molar refractivity (Wildman–Crippen MR) is 93.4 cm³/mol. The van der Waals surface area contributed by atoms with E-state index < -0.39 is 11.9 Å². The lowest BCUT2D eigenvalue weighted by atomic mass is 9.98. The van der Waals surface area contributed by atoms with Crippen LogP contribution in [0.3, 0.4) is 0 Å². The van der Waals surface area contributed by atoms with E-state index >= 15 is 0 Å². The fourth-order valence-electron chi connectivity index (χ4n) is 3.11. The molecule has 1 aromatic carbocycles. The normalized spacial score (nSPS) is 17.0. The lowest BCUT2D eigenvalue weighted by Crippen LogP contribution is -2.42. The molecule has 2 N–H and O–H groups in total. The van der Waals surface area contributed by atoms with Crippen molar-refractivity contribution in [1.29, 1.82) is 0 Å². The first-order valence-electron chi connectivity index (χ1n) is 8.33. The summed E-state index contributed by atoms with van der Waals surface area (Å²) in [4.78, 5) is 25.4. The van der Waals surface area contributed by atoms with Crippen LogP contribution < -0.4 is 9.47 Å². The minimum Gasteiger partial charge on any atom is -0.493 e. The van der Waals surface area contributed by atoms with Gasteiger partial charge < -0.3 is 19.5 Å². The Morgan fingerprint density at radius 1 is 1.23 bits per heavy atom. The van der Waals surface area contributed by atoms with Gasteiger partial charge in [-0.15, -0.1) is 0 Å². The molecule has 1 aliphatic heterocycles.